The first kappa shape index (κ1) is 50.2. The summed E-state index contributed by atoms with van der Waals surface area (Å²) in [7, 11) is 0. The van der Waals surface area contributed by atoms with Gasteiger partial charge in [-0.25, -0.2) is 19.6 Å². The number of hydrogen-bond donors (Lipinski definition) is 4. The molecule has 0 saturated carbocycles. The molecule has 0 aromatic carbocycles. The summed E-state index contributed by atoms with van der Waals surface area (Å²) in [6.07, 6.45) is 1.75. The van der Waals surface area contributed by atoms with E-state index in [1.54, 1.807) is 118 Å². The van der Waals surface area contributed by atoms with Gasteiger partial charge in [-0.05, 0) is 0 Å². The minimum atomic E-state index is -0.420. The van der Waals surface area contributed by atoms with Crippen molar-refractivity contribution >= 4 is 154 Å². The number of nitrogens with one attached hydrogen (secondary N) is 2. The topological polar surface area (TPSA) is 179 Å². The van der Waals surface area contributed by atoms with Crippen LogP contribution in [0, 0.1) is 0 Å². The molecule has 0 atom stereocenters. The molecule has 25 heteroatoms. The second-order valence-electron chi connectivity index (χ2n) is 7.63. The Hall–Kier alpha value is 1.17. The Morgan fingerprint density at radius 2 is 1.02 bits per heavy atom. The largest absolute Gasteiger partial charge is 0.449 e. The van der Waals surface area contributed by atoms with Gasteiger partial charge >= 0.3 is 12.2 Å². The van der Waals surface area contributed by atoms with Crippen LogP contribution in [-0.4, -0.2) is 151 Å². The van der Waals surface area contributed by atoms with Gasteiger partial charge < -0.3 is 40.1 Å². The number of amides is 2. The Labute approximate surface area is 336 Å². The fourth-order valence-electron chi connectivity index (χ4n) is 2.12. The maximum absolute atomic E-state index is 11.7. The molecule has 14 nitrogen and oxygen atoms in total. The summed E-state index contributed by atoms with van der Waals surface area (Å²) in [5.74, 6) is 5.59. The van der Waals surface area contributed by atoms with Crippen molar-refractivity contribution < 1.29 is 48.8 Å². The van der Waals surface area contributed by atoms with E-state index >= 15 is 0 Å². The molecule has 2 amide bonds. The summed E-state index contributed by atoms with van der Waals surface area (Å²) in [6, 6.07) is 0. The van der Waals surface area contributed by atoms with Crippen molar-refractivity contribution in [1.29, 1.82) is 0 Å². The molecule has 0 aromatic rings. The number of aliphatic imine (C=N–C) groups is 2. The standard InChI is InChI=1S/C24H46N4O10S11/c29-1-5-39-7-3-33-23(31)27-13-43-19-47-18-42-12-26-10-37-38-16-46-22-49-21-45-15-34-24(32)28-14-44-20-48-17-41-11-25-9-36-35-4-8-40-6-2-30/h9-10,29-30H,1-8,11-22H2,(H,27,31)(H,28,32)/b25-9-,26-10+. The van der Waals surface area contributed by atoms with E-state index in [9.17, 15) is 9.59 Å². The molecule has 0 fully saturated rings. The fraction of sp³-hybridized carbons (Fsp3) is 0.833. The van der Waals surface area contributed by atoms with Gasteiger partial charge in [-0.3, -0.25) is 0 Å². The summed E-state index contributed by atoms with van der Waals surface area (Å²) in [5.41, 5.74) is 0. The number of aliphatic hydroxyl groups is 2. The minimum absolute atomic E-state index is 0.131. The lowest BCUT2D eigenvalue weighted by molar-refractivity contribution is -0.210. The van der Waals surface area contributed by atoms with Crippen LogP contribution in [0.5, 0.6) is 0 Å². The highest BCUT2D eigenvalue weighted by atomic mass is 32.2. The van der Waals surface area contributed by atoms with Crippen LogP contribution in [0.25, 0.3) is 0 Å². The molecule has 0 rings (SSSR count). The van der Waals surface area contributed by atoms with Gasteiger partial charge in [0.2, 0.25) is 12.8 Å². The van der Waals surface area contributed by atoms with Gasteiger partial charge in [0.1, 0.15) is 25.1 Å². The maximum atomic E-state index is 11.7. The zero-order valence-electron chi connectivity index (χ0n) is 26.8. The first-order chi connectivity index (χ1) is 24.2. The van der Waals surface area contributed by atoms with Crippen LogP contribution >= 0.6 is 129 Å². The summed E-state index contributed by atoms with van der Waals surface area (Å²) >= 11 is 17.9. The number of thioether (sulfide) groups is 11. The number of alkyl carbamates (subject to hydrolysis) is 2. The molecule has 0 aliphatic carbocycles. The lowest BCUT2D eigenvalue weighted by Gasteiger charge is -2.06. The van der Waals surface area contributed by atoms with Crippen LogP contribution in [-0.2, 0) is 29.0 Å². The SMILES string of the molecule is O=C(NCSCSCSC/N=C/OOCSCSCSCOC(=O)NCSCSCSC/N=C\OOCCSCCO)OCCSCCO. The predicted octanol–water partition coefficient (Wildman–Crippen LogP) is 5.93. The van der Waals surface area contributed by atoms with E-state index in [1.807, 2.05) is 0 Å². The first-order valence-electron chi connectivity index (χ1n) is 14.1. The second-order valence-corrected chi connectivity index (χ2v) is 21.0. The highest BCUT2D eigenvalue weighted by Gasteiger charge is 2.02. The molecule has 0 spiro atoms. The van der Waals surface area contributed by atoms with Crippen LogP contribution in [0.3, 0.4) is 0 Å². The van der Waals surface area contributed by atoms with Crippen LogP contribution in [0.4, 0.5) is 9.59 Å². The predicted molar refractivity (Wildman–Crippen MR) is 226 cm³/mol. The fourth-order valence-corrected chi connectivity index (χ4v) is 11.5. The highest BCUT2D eigenvalue weighted by Crippen LogP contribution is 2.19. The molecule has 0 unspecified atom stereocenters. The van der Waals surface area contributed by atoms with E-state index < -0.39 is 12.2 Å². The lowest BCUT2D eigenvalue weighted by atomic mass is 10.8. The Bertz CT molecular complexity index is 793. The molecule has 0 saturated heterocycles. The van der Waals surface area contributed by atoms with E-state index in [0.717, 1.165) is 36.3 Å². The number of aliphatic hydroxyl groups excluding tert-OH is 2. The number of carbonyl (C=O) groups excluding carboxylic acids is 2. The number of ether oxygens (including phenoxy) is 2. The molecule has 49 heavy (non-hydrogen) atoms. The molecular weight excluding hydrogens is 857 g/mol. The molecule has 0 aromatic heterocycles. The molecule has 288 valence electrons. The van der Waals surface area contributed by atoms with Gasteiger partial charge in [-0.2, -0.15) is 33.3 Å². The zero-order chi connectivity index (χ0) is 35.6. The third kappa shape index (κ3) is 45.3. The summed E-state index contributed by atoms with van der Waals surface area (Å²) in [5, 5.41) is 27.8. The molecule has 0 radical (unpaired) electrons. The third-order valence-electron chi connectivity index (χ3n) is 3.99. The molecule has 0 bridgehead atoms. The summed E-state index contributed by atoms with van der Waals surface area (Å²) < 4.78 is 10.2. The van der Waals surface area contributed by atoms with Crippen molar-refractivity contribution in [3.63, 3.8) is 0 Å². The Balaban J connectivity index is 3.26. The normalized spacial score (nSPS) is 11.3. The van der Waals surface area contributed by atoms with Crippen molar-refractivity contribution in [3.8, 4) is 0 Å². The molecule has 0 aliphatic rings. The van der Waals surface area contributed by atoms with E-state index in [4.69, 9.17) is 39.2 Å². The van der Waals surface area contributed by atoms with Crippen molar-refractivity contribution in [3.05, 3.63) is 0 Å². The number of nitrogens with zero attached hydrogens (tertiary/aromatic N) is 2. The molecule has 0 aliphatic heterocycles. The van der Waals surface area contributed by atoms with Gasteiger partial charge in [0, 0.05) is 53.5 Å². The first-order valence-corrected chi connectivity index (χ1v) is 26.8. The van der Waals surface area contributed by atoms with Gasteiger partial charge in [0.15, 0.2) is 0 Å². The van der Waals surface area contributed by atoms with Gasteiger partial charge in [0.05, 0.1) is 36.7 Å². The smallest absolute Gasteiger partial charge is 0.408 e. The molecule has 4 N–H and O–H groups in total. The number of hydrogen-bond acceptors (Lipinski definition) is 23. The van der Waals surface area contributed by atoms with Crippen LogP contribution in [0.2, 0.25) is 0 Å². The van der Waals surface area contributed by atoms with Crippen LogP contribution < -0.4 is 10.6 Å². The second kappa shape index (κ2) is 45.3. The maximum Gasteiger partial charge on any atom is 0.408 e. The van der Waals surface area contributed by atoms with Crippen LogP contribution in [0.1, 0.15) is 0 Å². The molecular formula is C24H46N4O10S11. The minimum Gasteiger partial charge on any atom is -0.449 e. The Morgan fingerprint density at radius 1 is 0.531 bits per heavy atom. The number of carbonyl (C=O) groups is 2. The van der Waals surface area contributed by atoms with Gasteiger partial charge in [-0.1, -0.05) is 0 Å². The molecule has 0 heterocycles. The van der Waals surface area contributed by atoms with E-state index in [1.165, 1.54) is 24.6 Å². The van der Waals surface area contributed by atoms with Crippen LogP contribution in [0.15, 0.2) is 9.98 Å². The van der Waals surface area contributed by atoms with Crippen molar-refractivity contribution in [2.45, 2.75) is 0 Å². The van der Waals surface area contributed by atoms with E-state index in [2.05, 4.69) is 20.6 Å². The lowest BCUT2D eigenvalue weighted by Crippen LogP contribution is -2.24. The highest BCUT2D eigenvalue weighted by molar-refractivity contribution is 8.23. The van der Waals surface area contributed by atoms with Gasteiger partial charge in [-0.15, -0.1) is 106 Å². The third-order valence-corrected chi connectivity index (χ3v) is 15.7. The van der Waals surface area contributed by atoms with Crippen molar-refractivity contribution in [2.75, 3.05) is 115 Å². The Morgan fingerprint density at radius 3 is 1.61 bits per heavy atom. The number of rotatable bonds is 38. The van der Waals surface area contributed by atoms with Crippen molar-refractivity contribution in [1.82, 2.24) is 10.6 Å². The monoisotopic (exact) mass is 902 g/mol. The summed E-state index contributed by atoms with van der Waals surface area (Å²) in [4.78, 5) is 51.2. The van der Waals surface area contributed by atoms with E-state index in [-0.39, 0.29) is 13.2 Å². The summed E-state index contributed by atoms with van der Waals surface area (Å²) in [6.45, 7) is 1.08. The van der Waals surface area contributed by atoms with Gasteiger partial charge in [0.25, 0.3) is 0 Å². The zero-order valence-corrected chi connectivity index (χ0v) is 35.8. The van der Waals surface area contributed by atoms with E-state index in [0.29, 0.717) is 65.9 Å². The Kier molecular flexibility index (Phi) is 46.4. The van der Waals surface area contributed by atoms with Crippen molar-refractivity contribution in [2.24, 2.45) is 9.98 Å². The average Bonchev–Trinajstić information content (AvgIpc) is 3.10. The quantitative estimate of drug-likeness (QED) is 0.0143. The average molecular weight is 903 g/mol.